The molecule has 148 valence electrons. The molecule has 0 atom stereocenters. The number of fused-ring (bicyclic) bond motifs is 1. The van der Waals surface area contributed by atoms with E-state index in [1.165, 1.54) is 12.1 Å². The van der Waals surface area contributed by atoms with Gasteiger partial charge >= 0.3 is 11.6 Å². The van der Waals surface area contributed by atoms with E-state index < -0.39 is 17.5 Å². The lowest BCUT2D eigenvalue weighted by Gasteiger charge is -2.10. The number of carbonyl (C=O) groups excluding carboxylic acids is 2. The summed E-state index contributed by atoms with van der Waals surface area (Å²) in [5, 5.41) is 3.19. The summed E-state index contributed by atoms with van der Waals surface area (Å²) in [4.78, 5) is 35.6. The number of amides is 1. The third kappa shape index (κ3) is 5.19. The molecular weight excluding hydrogens is 370 g/mol. The van der Waals surface area contributed by atoms with Crippen LogP contribution in [-0.4, -0.2) is 18.4 Å². The second-order valence-electron chi connectivity index (χ2n) is 6.60. The highest BCUT2D eigenvalue weighted by molar-refractivity contribution is 5.93. The molecule has 3 rings (SSSR count). The van der Waals surface area contributed by atoms with Gasteiger partial charge in [0.2, 0.25) is 5.91 Å². The zero-order chi connectivity index (χ0) is 20.8. The van der Waals surface area contributed by atoms with E-state index in [9.17, 15) is 14.4 Å². The molecule has 1 heterocycles. The van der Waals surface area contributed by atoms with Crippen LogP contribution in [0.5, 0.6) is 0 Å². The molecule has 0 spiro atoms. The van der Waals surface area contributed by atoms with Crippen molar-refractivity contribution in [3.63, 3.8) is 0 Å². The lowest BCUT2D eigenvalue weighted by Crippen LogP contribution is -2.29. The minimum atomic E-state index is -0.600. The van der Waals surface area contributed by atoms with Gasteiger partial charge in [-0.05, 0) is 36.6 Å². The van der Waals surface area contributed by atoms with E-state index >= 15 is 0 Å². The number of benzene rings is 2. The van der Waals surface area contributed by atoms with Crippen molar-refractivity contribution >= 4 is 28.9 Å². The smallest absolute Gasteiger partial charge is 0.336 e. The molecule has 0 radical (unpaired) electrons. The van der Waals surface area contributed by atoms with Crippen molar-refractivity contribution in [2.75, 3.05) is 6.54 Å². The van der Waals surface area contributed by atoms with Gasteiger partial charge < -0.3 is 14.5 Å². The van der Waals surface area contributed by atoms with Crippen molar-refractivity contribution in [1.29, 1.82) is 0 Å². The molecule has 2 aromatic carbocycles. The highest BCUT2D eigenvalue weighted by Gasteiger charge is 2.12. The lowest BCUT2D eigenvalue weighted by atomic mass is 10.0. The predicted octanol–water partition coefficient (Wildman–Crippen LogP) is 3.28. The molecule has 6 nitrogen and oxygen atoms in total. The van der Waals surface area contributed by atoms with Crippen molar-refractivity contribution < 1.29 is 18.7 Å². The molecule has 6 heteroatoms. The maximum Gasteiger partial charge on any atom is 0.336 e. The van der Waals surface area contributed by atoms with E-state index in [1.54, 1.807) is 6.08 Å². The van der Waals surface area contributed by atoms with Gasteiger partial charge in [0.1, 0.15) is 18.7 Å². The minimum absolute atomic E-state index is 0.0842. The Bertz CT molecular complexity index is 1130. The fraction of sp³-hybridized carbons (Fsp3) is 0.174. The van der Waals surface area contributed by atoms with Gasteiger partial charge in [-0.25, -0.2) is 4.79 Å². The number of aryl methyl sites for hydroxylation is 2. The number of hydrogen-bond donors (Lipinski definition) is 1. The van der Waals surface area contributed by atoms with Crippen LogP contribution in [0.25, 0.3) is 17.0 Å². The number of esters is 1. The Labute approximate surface area is 167 Å². The predicted molar refractivity (Wildman–Crippen MR) is 110 cm³/mol. The Morgan fingerprint density at radius 1 is 1.10 bits per heavy atom. The van der Waals surface area contributed by atoms with Gasteiger partial charge in [0.15, 0.2) is 0 Å². The van der Waals surface area contributed by atoms with Crippen molar-refractivity contribution in [2.24, 2.45) is 0 Å². The van der Waals surface area contributed by atoms with Crippen molar-refractivity contribution in [3.05, 3.63) is 87.3 Å². The molecule has 0 aliphatic rings. The molecule has 0 saturated heterocycles. The maximum atomic E-state index is 12.0. The SMILES string of the molecule is Cc1ccc2c(COC(=O)CNC(=O)/C=C/c3ccccc3)cc(=O)oc2c1C. The van der Waals surface area contributed by atoms with Gasteiger partial charge in [-0.1, -0.05) is 42.5 Å². The monoisotopic (exact) mass is 391 g/mol. The molecule has 0 unspecified atom stereocenters. The van der Waals surface area contributed by atoms with Crippen LogP contribution < -0.4 is 10.9 Å². The third-order valence-corrected chi connectivity index (χ3v) is 4.54. The van der Waals surface area contributed by atoms with E-state index in [0.29, 0.717) is 11.1 Å². The van der Waals surface area contributed by atoms with E-state index in [4.69, 9.17) is 9.15 Å². The second kappa shape index (κ2) is 9.01. The van der Waals surface area contributed by atoms with Crippen LogP contribution in [-0.2, 0) is 20.9 Å². The van der Waals surface area contributed by atoms with Crippen molar-refractivity contribution in [1.82, 2.24) is 5.32 Å². The summed E-state index contributed by atoms with van der Waals surface area (Å²) in [6.07, 6.45) is 3.00. The first-order chi connectivity index (χ1) is 13.9. The molecule has 0 bridgehead atoms. The summed E-state index contributed by atoms with van der Waals surface area (Å²) in [6, 6.07) is 14.4. The quantitative estimate of drug-likeness (QED) is 0.396. The van der Waals surface area contributed by atoms with Gasteiger partial charge in [-0.2, -0.15) is 0 Å². The Balaban J connectivity index is 1.58. The minimum Gasteiger partial charge on any atom is -0.459 e. The standard InChI is InChI=1S/C23H21NO5/c1-15-8-10-19-18(12-21(26)29-23(19)16(15)2)14-28-22(27)13-24-20(25)11-9-17-6-4-3-5-7-17/h3-12H,13-14H2,1-2H3,(H,24,25)/b11-9+. The summed E-state index contributed by atoms with van der Waals surface area (Å²) in [5.74, 6) is -1.00. The molecule has 1 aromatic heterocycles. The summed E-state index contributed by atoms with van der Waals surface area (Å²) in [5.41, 5.74) is 3.29. The number of nitrogens with one attached hydrogen (secondary N) is 1. The zero-order valence-electron chi connectivity index (χ0n) is 16.2. The molecule has 0 fully saturated rings. The lowest BCUT2D eigenvalue weighted by molar-refractivity contribution is -0.144. The van der Waals surface area contributed by atoms with Crippen molar-refractivity contribution in [2.45, 2.75) is 20.5 Å². The average Bonchev–Trinajstić information content (AvgIpc) is 2.72. The van der Waals surface area contributed by atoms with Crippen LogP contribution in [0, 0.1) is 13.8 Å². The fourth-order valence-corrected chi connectivity index (χ4v) is 2.81. The molecule has 1 amide bonds. The van der Waals surface area contributed by atoms with Crippen LogP contribution in [0.4, 0.5) is 0 Å². The second-order valence-corrected chi connectivity index (χ2v) is 6.60. The normalized spacial score (nSPS) is 11.0. The topological polar surface area (TPSA) is 85.6 Å². The van der Waals surface area contributed by atoms with Gasteiger partial charge in [0.25, 0.3) is 0 Å². The third-order valence-electron chi connectivity index (χ3n) is 4.54. The highest BCUT2D eigenvalue weighted by atomic mass is 16.5. The van der Waals surface area contributed by atoms with E-state index in [2.05, 4.69) is 5.32 Å². The fourth-order valence-electron chi connectivity index (χ4n) is 2.81. The van der Waals surface area contributed by atoms with E-state index in [-0.39, 0.29) is 13.2 Å². The Morgan fingerprint density at radius 3 is 2.62 bits per heavy atom. The summed E-state index contributed by atoms with van der Waals surface area (Å²) in [7, 11) is 0. The molecule has 3 aromatic rings. The van der Waals surface area contributed by atoms with Crippen LogP contribution in [0.1, 0.15) is 22.3 Å². The first kappa shape index (κ1) is 20.1. The Hall–Kier alpha value is -3.67. The molecule has 29 heavy (non-hydrogen) atoms. The summed E-state index contributed by atoms with van der Waals surface area (Å²) >= 11 is 0. The molecule has 0 aliphatic heterocycles. The molecular formula is C23H21NO5. The van der Waals surface area contributed by atoms with Gasteiger partial charge in [-0.3, -0.25) is 9.59 Å². The van der Waals surface area contributed by atoms with Gasteiger partial charge in [-0.15, -0.1) is 0 Å². The molecule has 1 N–H and O–H groups in total. The van der Waals surface area contributed by atoms with Gasteiger partial charge in [0.05, 0.1) is 0 Å². The molecule has 0 aliphatic carbocycles. The van der Waals surface area contributed by atoms with Crippen LogP contribution in [0.3, 0.4) is 0 Å². The van der Waals surface area contributed by atoms with Crippen LogP contribution in [0.15, 0.2) is 63.8 Å². The largest absolute Gasteiger partial charge is 0.459 e. The first-order valence-corrected chi connectivity index (χ1v) is 9.13. The van der Waals surface area contributed by atoms with Gasteiger partial charge in [0, 0.05) is 23.1 Å². The average molecular weight is 391 g/mol. The number of carbonyl (C=O) groups is 2. The number of hydrogen-bond acceptors (Lipinski definition) is 5. The Kier molecular flexibility index (Phi) is 6.24. The highest BCUT2D eigenvalue weighted by Crippen LogP contribution is 2.23. The van der Waals surface area contributed by atoms with Crippen molar-refractivity contribution in [3.8, 4) is 0 Å². The van der Waals surface area contributed by atoms with E-state index in [1.807, 2.05) is 56.3 Å². The van der Waals surface area contributed by atoms with Crippen LogP contribution >= 0.6 is 0 Å². The maximum absolute atomic E-state index is 12.0. The number of ether oxygens (including phenoxy) is 1. The Morgan fingerprint density at radius 2 is 1.86 bits per heavy atom. The molecule has 0 saturated carbocycles. The first-order valence-electron chi connectivity index (χ1n) is 9.13. The van der Waals surface area contributed by atoms with Crippen LogP contribution in [0.2, 0.25) is 0 Å². The van der Waals surface area contributed by atoms with E-state index in [0.717, 1.165) is 22.1 Å². The summed E-state index contributed by atoms with van der Waals surface area (Å²) in [6.45, 7) is 3.44. The number of rotatable bonds is 6. The zero-order valence-corrected chi connectivity index (χ0v) is 16.2. The summed E-state index contributed by atoms with van der Waals surface area (Å²) < 4.78 is 10.5.